The lowest BCUT2D eigenvalue weighted by molar-refractivity contribution is -0.163. The molecule has 0 aliphatic rings. The summed E-state index contributed by atoms with van der Waals surface area (Å²) in [5.41, 5.74) is 0.604. The van der Waals surface area contributed by atoms with Crippen LogP contribution in [0, 0.1) is 0 Å². The summed E-state index contributed by atoms with van der Waals surface area (Å²) in [5.74, 6) is -0.157. The zero-order chi connectivity index (χ0) is 11.0. The number of carbonyl (C=O) groups excluding carboxylic acids is 1. The number of rotatable bonds is 4. The normalized spacial score (nSPS) is 12.7. The Labute approximate surface area is 85.3 Å². The lowest BCUT2D eigenvalue weighted by Crippen LogP contribution is -2.26. The lowest BCUT2D eigenvalue weighted by Gasteiger charge is -2.13. The highest BCUT2D eigenvalue weighted by atomic mass is 16.7. The Kier molecular flexibility index (Phi) is 6.41. The smallest absolute Gasteiger partial charge is 0.274 e. The standard InChI is InChI=1S/C11H17NO2/c1-5-7-8-9-10(6-2)11(13)12(3)14-4/h5-9H,1-4H3/b7-5-,9-8-,10-6-. The molecule has 1 amide bonds. The predicted molar refractivity (Wildman–Crippen MR) is 57.5 cm³/mol. The summed E-state index contributed by atoms with van der Waals surface area (Å²) in [6.07, 6.45) is 9.07. The van der Waals surface area contributed by atoms with Crippen molar-refractivity contribution in [2.24, 2.45) is 0 Å². The van der Waals surface area contributed by atoms with Gasteiger partial charge in [0.2, 0.25) is 0 Å². The van der Waals surface area contributed by atoms with E-state index < -0.39 is 0 Å². The van der Waals surface area contributed by atoms with E-state index in [9.17, 15) is 4.79 Å². The summed E-state index contributed by atoms with van der Waals surface area (Å²) in [7, 11) is 3.04. The molecule has 0 aromatic rings. The van der Waals surface area contributed by atoms with Gasteiger partial charge in [0.15, 0.2) is 0 Å². The monoisotopic (exact) mass is 195 g/mol. The number of allylic oxidation sites excluding steroid dienone is 4. The molecule has 0 aromatic heterocycles. The molecule has 0 bridgehead atoms. The number of hydroxylamine groups is 2. The van der Waals surface area contributed by atoms with E-state index in [1.54, 1.807) is 19.2 Å². The predicted octanol–water partition coefficient (Wildman–Crippen LogP) is 2.08. The Balaban J connectivity index is 4.51. The summed E-state index contributed by atoms with van der Waals surface area (Å²) in [6, 6.07) is 0. The van der Waals surface area contributed by atoms with Gasteiger partial charge < -0.3 is 0 Å². The van der Waals surface area contributed by atoms with Gasteiger partial charge in [-0.2, -0.15) is 0 Å². The Morgan fingerprint density at radius 1 is 1.29 bits per heavy atom. The van der Waals surface area contributed by atoms with Gasteiger partial charge in [-0.05, 0) is 19.9 Å². The molecule has 3 heteroatoms. The lowest BCUT2D eigenvalue weighted by atomic mass is 10.2. The molecule has 78 valence electrons. The van der Waals surface area contributed by atoms with Gasteiger partial charge >= 0.3 is 0 Å². The maximum absolute atomic E-state index is 11.6. The molecule has 0 saturated carbocycles. The molecular formula is C11H17NO2. The maximum Gasteiger partial charge on any atom is 0.276 e. The first-order chi connectivity index (χ1) is 6.67. The van der Waals surface area contributed by atoms with Crippen LogP contribution in [0.4, 0.5) is 0 Å². The van der Waals surface area contributed by atoms with Crippen LogP contribution in [0.5, 0.6) is 0 Å². The summed E-state index contributed by atoms with van der Waals surface area (Å²) in [6.45, 7) is 3.74. The Morgan fingerprint density at radius 2 is 1.93 bits per heavy atom. The number of hydrogen-bond donors (Lipinski definition) is 0. The molecule has 0 fully saturated rings. The fourth-order valence-electron chi connectivity index (χ4n) is 0.826. The second kappa shape index (κ2) is 7.09. The third-order valence-electron chi connectivity index (χ3n) is 1.70. The Morgan fingerprint density at radius 3 is 2.36 bits per heavy atom. The third-order valence-corrected chi connectivity index (χ3v) is 1.70. The van der Waals surface area contributed by atoms with E-state index in [-0.39, 0.29) is 5.91 Å². The van der Waals surface area contributed by atoms with Crippen LogP contribution in [0.25, 0.3) is 0 Å². The Bertz CT molecular complexity index is 264. The largest absolute Gasteiger partial charge is 0.276 e. The van der Waals surface area contributed by atoms with Gasteiger partial charge in [0.1, 0.15) is 0 Å². The van der Waals surface area contributed by atoms with Crippen molar-refractivity contribution in [1.29, 1.82) is 0 Å². The van der Waals surface area contributed by atoms with Gasteiger partial charge in [-0.1, -0.05) is 24.3 Å². The first kappa shape index (κ1) is 12.7. The van der Waals surface area contributed by atoms with Gasteiger partial charge in [-0.15, -0.1) is 0 Å². The second-order valence-electron chi connectivity index (χ2n) is 2.61. The van der Waals surface area contributed by atoms with Crippen LogP contribution in [0.2, 0.25) is 0 Å². The van der Waals surface area contributed by atoms with Gasteiger partial charge in [0.05, 0.1) is 7.11 Å². The van der Waals surface area contributed by atoms with E-state index in [0.717, 1.165) is 0 Å². The topological polar surface area (TPSA) is 29.5 Å². The highest BCUT2D eigenvalue weighted by Gasteiger charge is 2.10. The molecule has 0 heterocycles. The van der Waals surface area contributed by atoms with E-state index in [1.165, 1.54) is 12.2 Å². The average molecular weight is 195 g/mol. The van der Waals surface area contributed by atoms with Crippen LogP contribution >= 0.6 is 0 Å². The van der Waals surface area contributed by atoms with Gasteiger partial charge in [0.25, 0.3) is 5.91 Å². The zero-order valence-corrected chi connectivity index (χ0v) is 9.15. The number of nitrogens with zero attached hydrogens (tertiary/aromatic N) is 1. The van der Waals surface area contributed by atoms with Crippen molar-refractivity contribution in [3.05, 3.63) is 36.0 Å². The number of amides is 1. The SMILES string of the molecule is C\C=C/C=C\C(=C\C)C(=O)N(C)OC. The average Bonchev–Trinajstić information content (AvgIpc) is 2.22. The first-order valence-corrected chi connectivity index (χ1v) is 4.45. The van der Waals surface area contributed by atoms with Crippen LogP contribution in [0.1, 0.15) is 13.8 Å². The minimum atomic E-state index is -0.157. The van der Waals surface area contributed by atoms with Crippen molar-refractivity contribution < 1.29 is 9.63 Å². The summed E-state index contributed by atoms with van der Waals surface area (Å²) in [5, 5.41) is 1.19. The number of carbonyl (C=O) groups is 1. The second-order valence-corrected chi connectivity index (χ2v) is 2.61. The van der Waals surface area contributed by atoms with Crippen LogP contribution < -0.4 is 0 Å². The zero-order valence-electron chi connectivity index (χ0n) is 9.15. The van der Waals surface area contributed by atoms with E-state index in [2.05, 4.69) is 0 Å². The highest BCUT2D eigenvalue weighted by molar-refractivity contribution is 5.95. The molecule has 0 saturated heterocycles. The molecule has 0 atom stereocenters. The van der Waals surface area contributed by atoms with Crippen molar-refractivity contribution in [2.75, 3.05) is 14.2 Å². The van der Waals surface area contributed by atoms with Gasteiger partial charge in [-0.25, -0.2) is 5.06 Å². The van der Waals surface area contributed by atoms with Crippen molar-refractivity contribution in [3.8, 4) is 0 Å². The van der Waals surface area contributed by atoms with Crippen LogP contribution in [0.3, 0.4) is 0 Å². The molecule has 0 rings (SSSR count). The van der Waals surface area contributed by atoms with Crippen LogP contribution in [0.15, 0.2) is 36.0 Å². The quantitative estimate of drug-likeness (QED) is 0.390. The van der Waals surface area contributed by atoms with E-state index in [4.69, 9.17) is 4.84 Å². The molecule has 3 nitrogen and oxygen atoms in total. The maximum atomic E-state index is 11.6. The molecule has 0 aliphatic heterocycles. The van der Waals surface area contributed by atoms with Crippen molar-refractivity contribution in [2.45, 2.75) is 13.8 Å². The summed E-state index contributed by atoms with van der Waals surface area (Å²) < 4.78 is 0. The third kappa shape index (κ3) is 4.05. The van der Waals surface area contributed by atoms with Gasteiger partial charge in [-0.3, -0.25) is 9.63 Å². The van der Waals surface area contributed by atoms with Gasteiger partial charge in [0, 0.05) is 12.6 Å². The molecule has 0 spiro atoms. The fraction of sp³-hybridized carbons (Fsp3) is 0.364. The van der Waals surface area contributed by atoms with Crippen molar-refractivity contribution in [3.63, 3.8) is 0 Å². The van der Waals surface area contributed by atoms with Crippen molar-refractivity contribution in [1.82, 2.24) is 5.06 Å². The molecule has 0 unspecified atom stereocenters. The molecule has 0 radical (unpaired) electrons. The number of likely N-dealkylation sites (N-methyl/N-ethyl adjacent to an activating group) is 1. The van der Waals surface area contributed by atoms with E-state index in [0.29, 0.717) is 5.57 Å². The van der Waals surface area contributed by atoms with E-state index >= 15 is 0 Å². The summed E-state index contributed by atoms with van der Waals surface area (Å²) in [4.78, 5) is 16.3. The van der Waals surface area contributed by atoms with E-state index in [1.807, 2.05) is 32.1 Å². The molecular weight excluding hydrogens is 178 g/mol. The molecule has 0 aromatic carbocycles. The van der Waals surface area contributed by atoms with Crippen LogP contribution in [-0.2, 0) is 9.63 Å². The minimum absolute atomic E-state index is 0.157. The molecule has 0 N–H and O–H groups in total. The van der Waals surface area contributed by atoms with Crippen molar-refractivity contribution >= 4 is 5.91 Å². The molecule has 14 heavy (non-hydrogen) atoms. The van der Waals surface area contributed by atoms with Crippen LogP contribution in [-0.4, -0.2) is 25.1 Å². The highest BCUT2D eigenvalue weighted by Crippen LogP contribution is 2.02. The first-order valence-electron chi connectivity index (χ1n) is 4.45. The number of hydrogen-bond acceptors (Lipinski definition) is 2. The fourth-order valence-corrected chi connectivity index (χ4v) is 0.826. The Hall–Kier alpha value is -1.35. The summed E-state index contributed by atoms with van der Waals surface area (Å²) >= 11 is 0. The molecule has 0 aliphatic carbocycles. The minimum Gasteiger partial charge on any atom is -0.274 e.